The number of amides is 1. The Balaban J connectivity index is 1.67. The number of aliphatic hydroxyl groups excluding tert-OH is 1. The third-order valence-electron chi connectivity index (χ3n) is 5.86. The molecule has 3 N–H and O–H groups in total. The number of halogens is 2. The lowest BCUT2D eigenvalue weighted by molar-refractivity contribution is -0.129. The van der Waals surface area contributed by atoms with Crippen molar-refractivity contribution in [3.05, 3.63) is 39.0 Å². The van der Waals surface area contributed by atoms with Crippen LogP contribution in [0, 0.1) is 5.41 Å². The summed E-state index contributed by atoms with van der Waals surface area (Å²) in [6.07, 6.45) is 3.54. The van der Waals surface area contributed by atoms with Crippen LogP contribution in [0.3, 0.4) is 0 Å². The molecule has 1 aliphatic carbocycles. The van der Waals surface area contributed by atoms with Gasteiger partial charge in [-0.05, 0) is 65.9 Å². The molecule has 164 valence electrons. The molecule has 4 rings (SSSR count). The van der Waals surface area contributed by atoms with E-state index in [1.54, 1.807) is 24.9 Å². The molecule has 1 fully saturated rings. The van der Waals surface area contributed by atoms with Crippen molar-refractivity contribution in [3.8, 4) is 5.69 Å². The number of anilines is 1. The average Bonchev–Trinajstić information content (AvgIpc) is 3.27. The average molecular weight is 552 g/mol. The molecule has 0 saturated heterocycles. The van der Waals surface area contributed by atoms with Crippen LogP contribution >= 0.6 is 31.9 Å². The zero-order valence-electron chi connectivity index (χ0n) is 17.5. The highest BCUT2D eigenvalue weighted by Crippen LogP contribution is 2.39. The number of fused-ring (bicyclic) bond motifs is 1. The van der Waals surface area contributed by atoms with Gasteiger partial charge in [0.2, 0.25) is 11.9 Å². The molecule has 0 spiro atoms. The number of hydrogen-bond donors (Lipinski definition) is 3. The summed E-state index contributed by atoms with van der Waals surface area (Å²) in [4.78, 5) is 21.4. The molecule has 1 saturated carbocycles. The SMILES string of the molecule is CNC(=O)[C@]1(C)CC[C@@H](Nc2ncc3c(Br)nn(-c4cc(Br)cc(C(C)O)c4)c3n2)C1. The van der Waals surface area contributed by atoms with Crippen molar-refractivity contribution in [3.63, 3.8) is 0 Å². The molecular weight excluding hydrogens is 528 g/mol. The smallest absolute Gasteiger partial charge is 0.225 e. The fraction of sp³-hybridized carbons (Fsp3) is 0.429. The lowest BCUT2D eigenvalue weighted by atomic mass is 9.87. The normalized spacial score (nSPS) is 21.9. The van der Waals surface area contributed by atoms with Crippen LogP contribution in [0.25, 0.3) is 16.7 Å². The monoisotopic (exact) mass is 550 g/mol. The molecule has 8 nitrogen and oxygen atoms in total. The Bertz CT molecular complexity index is 1150. The van der Waals surface area contributed by atoms with Gasteiger partial charge in [0.15, 0.2) is 5.65 Å². The molecule has 2 aromatic heterocycles. The summed E-state index contributed by atoms with van der Waals surface area (Å²) in [6, 6.07) is 5.80. The van der Waals surface area contributed by atoms with Gasteiger partial charge in [0.05, 0.1) is 17.2 Å². The first-order chi connectivity index (χ1) is 14.7. The maximum Gasteiger partial charge on any atom is 0.225 e. The van der Waals surface area contributed by atoms with E-state index in [2.05, 4.69) is 52.6 Å². The van der Waals surface area contributed by atoms with Gasteiger partial charge < -0.3 is 15.7 Å². The minimum atomic E-state index is -0.606. The van der Waals surface area contributed by atoms with Crippen molar-refractivity contribution in [2.24, 2.45) is 5.41 Å². The second kappa shape index (κ2) is 8.48. The van der Waals surface area contributed by atoms with Crippen LogP contribution < -0.4 is 10.6 Å². The zero-order chi connectivity index (χ0) is 22.3. The minimum absolute atomic E-state index is 0.0683. The first-order valence-electron chi connectivity index (χ1n) is 10.1. The molecule has 31 heavy (non-hydrogen) atoms. The van der Waals surface area contributed by atoms with Crippen molar-refractivity contribution in [2.75, 3.05) is 12.4 Å². The number of carbonyl (C=O) groups is 1. The summed E-state index contributed by atoms with van der Waals surface area (Å²) in [5.41, 5.74) is 1.82. The number of benzene rings is 1. The first kappa shape index (κ1) is 22.2. The Kier molecular flexibility index (Phi) is 6.06. The molecule has 1 unspecified atom stereocenters. The van der Waals surface area contributed by atoms with Crippen LogP contribution in [0.5, 0.6) is 0 Å². The Hall–Kier alpha value is -2.04. The van der Waals surface area contributed by atoms with Gasteiger partial charge in [-0.1, -0.05) is 22.9 Å². The Morgan fingerprint density at radius 2 is 2.13 bits per heavy atom. The summed E-state index contributed by atoms with van der Waals surface area (Å²) < 4.78 is 3.21. The number of nitrogens with one attached hydrogen (secondary N) is 2. The fourth-order valence-corrected chi connectivity index (χ4v) is 5.07. The number of rotatable bonds is 5. The van der Waals surface area contributed by atoms with Crippen LogP contribution in [-0.2, 0) is 4.79 Å². The molecule has 1 aliphatic rings. The van der Waals surface area contributed by atoms with Crippen LogP contribution in [0.1, 0.15) is 44.8 Å². The molecule has 3 aromatic rings. The molecule has 0 radical (unpaired) electrons. The van der Waals surface area contributed by atoms with Crippen LogP contribution in [0.4, 0.5) is 5.95 Å². The largest absolute Gasteiger partial charge is 0.389 e. The second-order valence-electron chi connectivity index (χ2n) is 8.28. The molecule has 10 heteroatoms. The standard InChI is InChI=1S/C21H24Br2N6O2/c1-11(30)12-6-13(22)8-15(7-12)29-18-16(17(23)28-29)10-25-20(27-18)26-14-4-5-21(2,9-14)19(31)24-3/h6-8,10-11,14,30H,4-5,9H2,1-3H3,(H,24,31)(H,25,26,27)/t11?,14-,21-/m1/s1. The van der Waals surface area contributed by atoms with Crippen LogP contribution in [0.15, 0.2) is 33.5 Å². The molecule has 1 aromatic carbocycles. The number of nitrogens with zero attached hydrogens (tertiary/aromatic N) is 4. The van der Waals surface area contributed by atoms with Crippen LogP contribution in [0.2, 0.25) is 0 Å². The number of aromatic nitrogens is 4. The van der Waals surface area contributed by atoms with E-state index in [1.807, 2.05) is 25.1 Å². The predicted molar refractivity (Wildman–Crippen MR) is 126 cm³/mol. The topological polar surface area (TPSA) is 105 Å². The maximum absolute atomic E-state index is 12.2. The second-order valence-corrected chi connectivity index (χ2v) is 9.94. The van der Waals surface area contributed by atoms with E-state index in [0.29, 0.717) is 16.2 Å². The van der Waals surface area contributed by atoms with Crippen molar-refractivity contribution >= 4 is 54.7 Å². The highest BCUT2D eigenvalue weighted by atomic mass is 79.9. The van der Waals surface area contributed by atoms with Gasteiger partial charge in [-0.3, -0.25) is 4.79 Å². The summed E-state index contributed by atoms with van der Waals surface area (Å²) in [6.45, 7) is 3.72. The number of aliphatic hydroxyl groups is 1. The van der Waals surface area contributed by atoms with Crippen molar-refractivity contribution in [2.45, 2.75) is 45.3 Å². The molecular formula is C21H24Br2N6O2. The third kappa shape index (κ3) is 4.33. The summed E-state index contributed by atoms with van der Waals surface area (Å²) in [5.74, 6) is 0.566. The lowest BCUT2D eigenvalue weighted by Crippen LogP contribution is -2.35. The van der Waals surface area contributed by atoms with E-state index in [-0.39, 0.29) is 17.4 Å². The third-order valence-corrected chi connectivity index (χ3v) is 6.90. The van der Waals surface area contributed by atoms with Crippen molar-refractivity contribution in [1.29, 1.82) is 0 Å². The van der Waals surface area contributed by atoms with Gasteiger partial charge in [0, 0.05) is 29.2 Å². The van der Waals surface area contributed by atoms with Gasteiger partial charge >= 0.3 is 0 Å². The fourth-order valence-electron chi connectivity index (χ4n) is 4.13. The highest BCUT2D eigenvalue weighted by Gasteiger charge is 2.40. The van der Waals surface area contributed by atoms with E-state index >= 15 is 0 Å². The Morgan fingerprint density at radius 1 is 1.35 bits per heavy atom. The summed E-state index contributed by atoms with van der Waals surface area (Å²) in [7, 11) is 1.68. The maximum atomic E-state index is 12.2. The van der Waals surface area contributed by atoms with E-state index in [1.165, 1.54) is 0 Å². The molecule has 2 heterocycles. The van der Waals surface area contributed by atoms with Gasteiger partial charge in [-0.25, -0.2) is 9.67 Å². The summed E-state index contributed by atoms with van der Waals surface area (Å²) in [5, 5.41) is 21.5. The predicted octanol–water partition coefficient (Wildman–Crippen LogP) is 4.11. The van der Waals surface area contributed by atoms with Gasteiger partial charge in [-0.15, -0.1) is 0 Å². The van der Waals surface area contributed by atoms with E-state index in [9.17, 15) is 9.90 Å². The molecule has 0 bridgehead atoms. The molecule has 1 amide bonds. The minimum Gasteiger partial charge on any atom is -0.389 e. The quantitative estimate of drug-likeness (QED) is 0.441. The lowest BCUT2D eigenvalue weighted by Gasteiger charge is -2.22. The van der Waals surface area contributed by atoms with Crippen molar-refractivity contribution in [1.82, 2.24) is 25.1 Å². The van der Waals surface area contributed by atoms with E-state index in [0.717, 1.165) is 40.4 Å². The van der Waals surface area contributed by atoms with E-state index < -0.39 is 6.10 Å². The first-order valence-corrected chi connectivity index (χ1v) is 11.7. The van der Waals surface area contributed by atoms with Gasteiger partial charge in [-0.2, -0.15) is 10.1 Å². The number of hydrogen-bond acceptors (Lipinski definition) is 6. The van der Waals surface area contributed by atoms with E-state index in [4.69, 9.17) is 4.98 Å². The number of carbonyl (C=O) groups excluding carboxylic acids is 1. The zero-order valence-corrected chi connectivity index (χ0v) is 20.7. The van der Waals surface area contributed by atoms with Gasteiger partial charge in [0.25, 0.3) is 0 Å². The summed E-state index contributed by atoms with van der Waals surface area (Å²) >= 11 is 7.00. The molecule has 0 aliphatic heterocycles. The Labute approximate surface area is 197 Å². The van der Waals surface area contributed by atoms with Gasteiger partial charge in [0.1, 0.15) is 4.60 Å². The van der Waals surface area contributed by atoms with Crippen LogP contribution in [-0.4, -0.2) is 43.9 Å². The highest BCUT2D eigenvalue weighted by molar-refractivity contribution is 9.10. The Morgan fingerprint density at radius 3 is 2.84 bits per heavy atom. The molecule has 3 atom stereocenters. The van der Waals surface area contributed by atoms with Crippen molar-refractivity contribution < 1.29 is 9.90 Å².